The predicted molar refractivity (Wildman–Crippen MR) is 100 cm³/mol. The molecule has 0 radical (unpaired) electrons. The largest absolute Gasteiger partial charge is 0.447 e. The fourth-order valence-electron chi connectivity index (χ4n) is 4.72. The van der Waals surface area contributed by atoms with Crippen LogP contribution in [0.15, 0.2) is 24.3 Å². The van der Waals surface area contributed by atoms with E-state index in [-0.39, 0.29) is 6.09 Å². The molecule has 7 nitrogen and oxygen atoms in total. The molecule has 0 spiro atoms. The number of rotatable bonds is 5. The molecule has 1 saturated heterocycles. The Morgan fingerprint density at radius 1 is 1.11 bits per heavy atom. The van der Waals surface area contributed by atoms with Gasteiger partial charge in [-0.2, -0.15) is 0 Å². The summed E-state index contributed by atoms with van der Waals surface area (Å²) >= 11 is 0. The monoisotopic (exact) mass is 371 g/mol. The molecule has 3 aliphatic rings. The standard InChI is InChI=1S/C20H25N3O4/c24-18(21-8-7-15-12-13-1-2-14(15)11-13)19(25)22-16-3-5-17(6-4-16)23-9-10-27-20(23)26/h3-6,13-15H,1-2,7-12H2,(H,21,24)(H,22,25). The molecule has 144 valence electrons. The number of carbonyl (C=O) groups is 3. The summed E-state index contributed by atoms with van der Waals surface area (Å²) in [6, 6.07) is 6.77. The second kappa shape index (κ2) is 7.58. The minimum atomic E-state index is -0.670. The first kappa shape index (κ1) is 17.8. The maximum absolute atomic E-state index is 12.1. The van der Waals surface area contributed by atoms with Crippen molar-refractivity contribution in [3.63, 3.8) is 0 Å². The highest BCUT2D eigenvalue weighted by molar-refractivity contribution is 6.39. The van der Waals surface area contributed by atoms with Gasteiger partial charge in [0.2, 0.25) is 0 Å². The van der Waals surface area contributed by atoms with Gasteiger partial charge in [0, 0.05) is 17.9 Å². The van der Waals surface area contributed by atoms with Crippen LogP contribution >= 0.6 is 0 Å². The van der Waals surface area contributed by atoms with Gasteiger partial charge in [0.1, 0.15) is 6.61 Å². The average molecular weight is 371 g/mol. The van der Waals surface area contributed by atoms with E-state index in [9.17, 15) is 14.4 Å². The Kier molecular flexibility index (Phi) is 5.01. The van der Waals surface area contributed by atoms with Gasteiger partial charge in [-0.1, -0.05) is 6.42 Å². The Morgan fingerprint density at radius 3 is 2.56 bits per heavy atom. The van der Waals surface area contributed by atoms with Crippen molar-refractivity contribution in [2.24, 2.45) is 17.8 Å². The molecule has 2 N–H and O–H groups in total. The molecule has 3 amide bonds. The Balaban J connectivity index is 1.22. The van der Waals surface area contributed by atoms with Crippen molar-refractivity contribution in [2.75, 3.05) is 29.9 Å². The number of amides is 3. The molecule has 7 heteroatoms. The van der Waals surface area contributed by atoms with E-state index < -0.39 is 11.8 Å². The van der Waals surface area contributed by atoms with Crippen LogP contribution in [0, 0.1) is 17.8 Å². The summed E-state index contributed by atoms with van der Waals surface area (Å²) in [5, 5.41) is 5.32. The third-order valence-electron chi connectivity index (χ3n) is 6.09. The zero-order valence-corrected chi connectivity index (χ0v) is 15.3. The maximum atomic E-state index is 12.1. The molecule has 4 rings (SSSR count). The SMILES string of the molecule is O=C(NCCC1CC2CCC1C2)C(=O)Nc1ccc(N2CCOC2=O)cc1. The van der Waals surface area contributed by atoms with Gasteiger partial charge in [0.05, 0.1) is 6.54 Å². The van der Waals surface area contributed by atoms with Gasteiger partial charge in [0.15, 0.2) is 0 Å². The normalized spacial score (nSPS) is 26.1. The summed E-state index contributed by atoms with van der Waals surface area (Å²) in [4.78, 5) is 37.1. The van der Waals surface area contributed by atoms with E-state index in [0.717, 1.165) is 18.3 Å². The molecule has 2 bridgehead atoms. The number of hydrogen-bond donors (Lipinski definition) is 2. The molecule has 3 fully saturated rings. The van der Waals surface area contributed by atoms with Crippen LogP contribution in [-0.4, -0.2) is 37.6 Å². The average Bonchev–Trinajstić information content (AvgIpc) is 3.39. The van der Waals surface area contributed by atoms with Crippen LogP contribution in [0.4, 0.5) is 16.2 Å². The van der Waals surface area contributed by atoms with Gasteiger partial charge in [0.25, 0.3) is 0 Å². The summed E-state index contributed by atoms with van der Waals surface area (Å²) < 4.78 is 4.90. The molecule has 1 aromatic carbocycles. The first-order chi connectivity index (χ1) is 13.1. The topological polar surface area (TPSA) is 87.7 Å². The number of hydrogen-bond acceptors (Lipinski definition) is 4. The van der Waals surface area contributed by atoms with Gasteiger partial charge in [-0.15, -0.1) is 0 Å². The maximum Gasteiger partial charge on any atom is 0.414 e. The van der Waals surface area contributed by atoms with Crippen molar-refractivity contribution >= 4 is 29.3 Å². The molecule has 27 heavy (non-hydrogen) atoms. The second-order valence-corrected chi connectivity index (χ2v) is 7.75. The minimum absolute atomic E-state index is 0.373. The third kappa shape index (κ3) is 3.91. The van der Waals surface area contributed by atoms with E-state index >= 15 is 0 Å². The highest BCUT2D eigenvalue weighted by Crippen LogP contribution is 2.49. The summed E-state index contributed by atoms with van der Waals surface area (Å²) in [5.74, 6) is 1.15. The van der Waals surface area contributed by atoms with E-state index in [1.165, 1.54) is 30.6 Å². The number of ether oxygens (including phenoxy) is 1. The van der Waals surface area contributed by atoms with Crippen molar-refractivity contribution < 1.29 is 19.1 Å². The van der Waals surface area contributed by atoms with Gasteiger partial charge in [-0.05, 0) is 67.7 Å². The third-order valence-corrected chi connectivity index (χ3v) is 6.09. The fraction of sp³-hybridized carbons (Fsp3) is 0.550. The zero-order chi connectivity index (χ0) is 18.8. The molecule has 3 unspecified atom stereocenters. The summed E-state index contributed by atoms with van der Waals surface area (Å²) in [6.45, 7) is 1.44. The van der Waals surface area contributed by atoms with Crippen LogP contribution in [0.25, 0.3) is 0 Å². The van der Waals surface area contributed by atoms with Crippen LogP contribution in [0.3, 0.4) is 0 Å². The summed E-state index contributed by atoms with van der Waals surface area (Å²) in [6.07, 6.45) is 5.92. The fourth-order valence-corrected chi connectivity index (χ4v) is 4.72. The smallest absolute Gasteiger partial charge is 0.414 e. The van der Waals surface area contributed by atoms with Crippen LogP contribution in [0.5, 0.6) is 0 Å². The van der Waals surface area contributed by atoms with Crippen LogP contribution < -0.4 is 15.5 Å². The number of cyclic esters (lactones) is 1. The molecule has 1 aromatic rings. The van der Waals surface area contributed by atoms with E-state index in [1.54, 1.807) is 24.3 Å². The summed E-state index contributed by atoms with van der Waals surface area (Å²) in [7, 11) is 0. The Labute approximate surface area is 158 Å². The quantitative estimate of drug-likeness (QED) is 0.779. The Bertz CT molecular complexity index is 733. The molecular weight excluding hydrogens is 346 g/mol. The highest BCUT2D eigenvalue weighted by atomic mass is 16.6. The van der Waals surface area contributed by atoms with Crippen molar-refractivity contribution in [2.45, 2.75) is 32.1 Å². The molecule has 0 aromatic heterocycles. The van der Waals surface area contributed by atoms with Crippen molar-refractivity contribution in [1.29, 1.82) is 0 Å². The number of benzene rings is 1. The molecule has 2 saturated carbocycles. The van der Waals surface area contributed by atoms with Crippen molar-refractivity contribution in [3.05, 3.63) is 24.3 Å². The van der Waals surface area contributed by atoms with Crippen molar-refractivity contribution in [1.82, 2.24) is 5.32 Å². The van der Waals surface area contributed by atoms with E-state index in [0.29, 0.717) is 37.0 Å². The number of nitrogens with zero attached hydrogens (tertiary/aromatic N) is 1. The van der Waals surface area contributed by atoms with Crippen LogP contribution in [-0.2, 0) is 14.3 Å². The van der Waals surface area contributed by atoms with E-state index in [2.05, 4.69) is 10.6 Å². The lowest BCUT2D eigenvalue weighted by Crippen LogP contribution is -2.36. The minimum Gasteiger partial charge on any atom is -0.447 e. The number of carbonyl (C=O) groups excluding carboxylic acids is 3. The Hall–Kier alpha value is -2.57. The van der Waals surface area contributed by atoms with Gasteiger partial charge in [-0.3, -0.25) is 14.5 Å². The van der Waals surface area contributed by atoms with Crippen molar-refractivity contribution in [3.8, 4) is 0 Å². The number of anilines is 2. The van der Waals surface area contributed by atoms with Crippen LogP contribution in [0.1, 0.15) is 32.1 Å². The number of fused-ring (bicyclic) bond motifs is 2. The molecule has 2 aliphatic carbocycles. The van der Waals surface area contributed by atoms with Crippen LogP contribution in [0.2, 0.25) is 0 Å². The van der Waals surface area contributed by atoms with E-state index in [4.69, 9.17) is 4.74 Å². The van der Waals surface area contributed by atoms with Gasteiger partial charge >= 0.3 is 17.9 Å². The first-order valence-electron chi connectivity index (χ1n) is 9.73. The highest BCUT2D eigenvalue weighted by Gasteiger charge is 2.38. The lowest BCUT2D eigenvalue weighted by molar-refractivity contribution is -0.136. The lowest BCUT2D eigenvalue weighted by atomic mass is 9.86. The first-order valence-corrected chi connectivity index (χ1v) is 9.73. The summed E-state index contributed by atoms with van der Waals surface area (Å²) in [5.41, 5.74) is 1.21. The molecule has 1 aliphatic heterocycles. The van der Waals surface area contributed by atoms with E-state index in [1.807, 2.05) is 0 Å². The second-order valence-electron chi connectivity index (χ2n) is 7.75. The van der Waals surface area contributed by atoms with Gasteiger partial charge < -0.3 is 15.4 Å². The number of nitrogens with one attached hydrogen (secondary N) is 2. The molecule has 3 atom stereocenters. The molecule has 1 heterocycles. The predicted octanol–water partition coefficient (Wildman–Crippen LogP) is 2.52. The zero-order valence-electron chi connectivity index (χ0n) is 15.3. The Morgan fingerprint density at radius 2 is 1.93 bits per heavy atom. The van der Waals surface area contributed by atoms with Gasteiger partial charge in [-0.25, -0.2) is 4.79 Å². The molecular formula is C20H25N3O4. The lowest BCUT2D eigenvalue weighted by Gasteiger charge is -2.21.